The van der Waals surface area contributed by atoms with Gasteiger partial charge in [0.25, 0.3) is 0 Å². The number of carbonyl (C=O) groups excluding carboxylic acids is 1. The first-order chi connectivity index (χ1) is 12.0. The van der Waals surface area contributed by atoms with E-state index < -0.39 is 17.8 Å². The van der Waals surface area contributed by atoms with Crippen LogP contribution in [0.1, 0.15) is 13.3 Å². The monoisotopic (exact) mass is 391 g/mol. The fraction of sp³-hybridized carbons (Fsp3) is 0.438. The van der Waals surface area contributed by atoms with E-state index in [0.29, 0.717) is 5.69 Å². The van der Waals surface area contributed by atoms with Gasteiger partial charge in [0.2, 0.25) is 5.91 Å². The Morgan fingerprint density at radius 1 is 1.23 bits per heavy atom. The highest BCUT2D eigenvalue weighted by atomic mass is 35.5. The van der Waals surface area contributed by atoms with Gasteiger partial charge in [-0.05, 0) is 58.7 Å². The number of amides is 1. The summed E-state index contributed by atoms with van der Waals surface area (Å²) in [4.78, 5) is 32.2. The normalized spacial score (nSPS) is 11.3. The highest BCUT2D eigenvalue weighted by Gasteiger charge is 2.13. The van der Waals surface area contributed by atoms with Gasteiger partial charge in [0.05, 0.1) is 16.8 Å². The van der Waals surface area contributed by atoms with Gasteiger partial charge in [-0.25, -0.2) is 14.0 Å². The van der Waals surface area contributed by atoms with Crippen LogP contribution in [0.25, 0.3) is 0 Å². The van der Waals surface area contributed by atoms with Crippen LogP contribution in [0.2, 0.25) is 5.02 Å². The molecule has 0 saturated carbocycles. The second-order valence-electron chi connectivity index (χ2n) is 5.56. The van der Waals surface area contributed by atoms with Crippen LogP contribution in [-0.4, -0.2) is 66.2 Å². The van der Waals surface area contributed by atoms with Crippen molar-refractivity contribution in [3.63, 3.8) is 0 Å². The number of anilines is 1. The summed E-state index contributed by atoms with van der Waals surface area (Å²) in [6, 6.07) is 3.55. The Hall–Kier alpha value is -2.23. The standard InChI is InChI=1S/C14H21ClFN3O.C2H2O4/c1-10(17-7-4-8-19(2)3)14(20)18-13-6-5-11(16)9-12(13)15;3-1(4)2(5)6/h5-6,9-10,17H,4,7-8H2,1-3H3,(H,18,20);(H,3,4)(H,5,6). The molecule has 0 bridgehead atoms. The van der Waals surface area contributed by atoms with Crippen molar-refractivity contribution >= 4 is 35.1 Å². The van der Waals surface area contributed by atoms with Crippen molar-refractivity contribution in [3.8, 4) is 0 Å². The summed E-state index contributed by atoms with van der Waals surface area (Å²) in [6.45, 7) is 3.50. The second kappa shape index (κ2) is 12.2. The molecule has 1 aromatic rings. The number of nitrogens with one attached hydrogen (secondary N) is 2. The number of carbonyl (C=O) groups is 3. The molecule has 0 aliphatic rings. The molecule has 0 aliphatic heterocycles. The van der Waals surface area contributed by atoms with E-state index >= 15 is 0 Å². The van der Waals surface area contributed by atoms with E-state index in [1.54, 1.807) is 6.92 Å². The molecule has 4 N–H and O–H groups in total. The first-order valence-electron chi connectivity index (χ1n) is 7.64. The molecule has 0 fully saturated rings. The number of nitrogens with zero attached hydrogens (tertiary/aromatic N) is 1. The minimum atomic E-state index is -1.82. The van der Waals surface area contributed by atoms with Crippen molar-refractivity contribution < 1.29 is 29.0 Å². The van der Waals surface area contributed by atoms with Crippen molar-refractivity contribution in [1.29, 1.82) is 0 Å². The lowest BCUT2D eigenvalue weighted by Gasteiger charge is -2.15. The van der Waals surface area contributed by atoms with Crippen molar-refractivity contribution in [3.05, 3.63) is 29.0 Å². The van der Waals surface area contributed by atoms with Crippen LogP contribution in [0, 0.1) is 5.82 Å². The molecule has 26 heavy (non-hydrogen) atoms. The van der Waals surface area contributed by atoms with Crippen LogP contribution in [0.3, 0.4) is 0 Å². The van der Waals surface area contributed by atoms with E-state index in [0.717, 1.165) is 19.5 Å². The van der Waals surface area contributed by atoms with Gasteiger partial charge in [-0.3, -0.25) is 4.79 Å². The summed E-state index contributed by atoms with van der Waals surface area (Å²) >= 11 is 5.86. The molecule has 0 radical (unpaired) electrons. The van der Waals surface area contributed by atoms with Crippen LogP contribution in [0.5, 0.6) is 0 Å². The number of halogens is 2. The quantitative estimate of drug-likeness (QED) is 0.411. The molecule has 8 nitrogen and oxygen atoms in total. The predicted molar refractivity (Wildman–Crippen MR) is 95.9 cm³/mol. The Labute approximate surface area is 155 Å². The summed E-state index contributed by atoms with van der Waals surface area (Å²) in [6.07, 6.45) is 0.960. The van der Waals surface area contributed by atoms with Gasteiger partial charge in [0.15, 0.2) is 0 Å². The molecule has 1 unspecified atom stereocenters. The third-order valence-corrected chi connectivity index (χ3v) is 3.31. The van der Waals surface area contributed by atoms with Gasteiger partial charge in [0.1, 0.15) is 5.82 Å². The van der Waals surface area contributed by atoms with Crippen molar-refractivity contribution in [2.75, 3.05) is 32.5 Å². The number of benzene rings is 1. The van der Waals surface area contributed by atoms with Gasteiger partial charge in [-0.15, -0.1) is 0 Å². The molecule has 0 spiro atoms. The van der Waals surface area contributed by atoms with E-state index in [1.807, 2.05) is 14.1 Å². The number of aliphatic carboxylic acids is 2. The molecular formula is C16H23ClFN3O5. The lowest BCUT2D eigenvalue weighted by molar-refractivity contribution is -0.159. The fourth-order valence-electron chi connectivity index (χ4n) is 1.64. The summed E-state index contributed by atoms with van der Waals surface area (Å²) in [5.74, 6) is -4.27. The molecule has 0 aliphatic carbocycles. The van der Waals surface area contributed by atoms with Crippen molar-refractivity contribution in [1.82, 2.24) is 10.2 Å². The van der Waals surface area contributed by atoms with Crippen molar-refractivity contribution in [2.24, 2.45) is 0 Å². The average Bonchev–Trinajstić information content (AvgIpc) is 2.54. The SMILES string of the molecule is CC(NCCCN(C)C)C(=O)Nc1ccc(F)cc1Cl.O=C(O)C(=O)O. The number of carboxylic acids is 2. The molecule has 10 heteroatoms. The van der Waals surface area contributed by atoms with E-state index in [1.165, 1.54) is 18.2 Å². The third kappa shape index (κ3) is 10.6. The largest absolute Gasteiger partial charge is 0.473 e. The molecule has 146 valence electrons. The minimum Gasteiger partial charge on any atom is -0.473 e. The number of carboxylic acid groups (broad SMARTS) is 2. The number of rotatable bonds is 7. The molecule has 1 aromatic carbocycles. The summed E-state index contributed by atoms with van der Waals surface area (Å²) in [7, 11) is 4.01. The van der Waals surface area contributed by atoms with E-state index in [2.05, 4.69) is 15.5 Å². The summed E-state index contributed by atoms with van der Waals surface area (Å²) < 4.78 is 12.9. The lowest BCUT2D eigenvalue weighted by Crippen LogP contribution is -2.39. The van der Waals surface area contributed by atoms with Crippen LogP contribution in [0.15, 0.2) is 18.2 Å². The van der Waals surface area contributed by atoms with E-state index in [4.69, 9.17) is 31.4 Å². The molecule has 0 aromatic heterocycles. The molecular weight excluding hydrogens is 369 g/mol. The Kier molecular flexibility index (Phi) is 11.1. The second-order valence-corrected chi connectivity index (χ2v) is 5.96. The van der Waals surface area contributed by atoms with Gasteiger partial charge >= 0.3 is 11.9 Å². The Morgan fingerprint density at radius 3 is 2.27 bits per heavy atom. The topological polar surface area (TPSA) is 119 Å². The summed E-state index contributed by atoms with van der Waals surface area (Å²) in [5.41, 5.74) is 0.417. The average molecular weight is 392 g/mol. The van der Waals surface area contributed by atoms with Crippen LogP contribution in [-0.2, 0) is 14.4 Å². The number of hydrogen-bond donors (Lipinski definition) is 4. The number of hydrogen-bond acceptors (Lipinski definition) is 5. The fourth-order valence-corrected chi connectivity index (χ4v) is 1.85. The molecule has 1 rings (SSSR count). The predicted octanol–water partition coefficient (Wildman–Crippen LogP) is 1.50. The Morgan fingerprint density at radius 2 is 1.81 bits per heavy atom. The zero-order valence-electron chi connectivity index (χ0n) is 14.8. The molecule has 1 atom stereocenters. The van der Waals surface area contributed by atoms with Crippen LogP contribution < -0.4 is 10.6 Å². The van der Waals surface area contributed by atoms with E-state index in [9.17, 15) is 9.18 Å². The zero-order valence-corrected chi connectivity index (χ0v) is 15.5. The van der Waals surface area contributed by atoms with Crippen LogP contribution in [0.4, 0.5) is 10.1 Å². The first-order valence-corrected chi connectivity index (χ1v) is 8.02. The highest BCUT2D eigenvalue weighted by molar-refractivity contribution is 6.33. The lowest BCUT2D eigenvalue weighted by atomic mass is 10.2. The maximum Gasteiger partial charge on any atom is 0.414 e. The van der Waals surface area contributed by atoms with E-state index in [-0.39, 0.29) is 17.0 Å². The maximum absolute atomic E-state index is 12.9. The van der Waals surface area contributed by atoms with Gasteiger partial charge in [-0.1, -0.05) is 11.6 Å². The zero-order chi connectivity index (χ0) is 20.3. The maximum atomic E-state index is 12.9. The molecule has 0 saturated heterocycles. The first kappa shape index (κ1) is 23.8. The Bertz CT molecular complexity index is 616. The van der Waals surface area contributed by atoms with Crippen LogP contribution >= 0.6 is 11.6 Å². The van der Waals surface area contributed by atoms with Gasteiger partial charge in [0, 0.05) is 0 Å². The summed E-state index contributed by atoms with van der Waals surface area (Å²) in [5, 5.41) is 20.8. The highest BCUT2D eigenvalue weighted by Crippen LogP contribution is 2.22. The van der Waals surface area contributed by atoms with Gasteiger partial charge in [-0.2, -0.15) is 0 Å². The van der Waals surface area contributed by atoms with Crippen molar-refractivity contribution in [2.45, 2.75) is 19.4 Å². The molecule has 0 heterocycles. The Balaban J connectivity index is 0.000000896. The third-order valence-electron chi connectivity index (χ3n) is 3.00. The molecule has 1 amide bonds. The van der Waals surface area contributed by atoms with Gasteiger partial charge < -0.3 is 25.7 Å². The smallest absolute Gasteiger partial charge is 0.414 e. The minimum absolute atomic E-state index is 0.191.